The van der Waals surface area contributed by atoms with Crippen molar-refractivity contribution in [3.05, 3.63) is 33.4 Å². The van der Waals surface area contributed by atoms with Gasteiger partial charge in [-0.05, 0) is 86.8 Å². The molecule has 1 rings (SSSR count). The summed E-state index contributed by atoms with van der Waals surface area (Å²) in [6.45, 7) is 15.1. The Balaban J connectivity index is 0.00000400. The van der Waals surface area contributed by atoms with Crippen LogP contribution in [0.15, 0.2) is 0 Å². The van der Waals surface area contributed by atoms with E-state index in [-0.39, 0.29) is 18.4 Å². The normalized spacial score (nSPS) is 14.0. The average molecular weight is 314 g/mol. The molecule has 1 aromatic carbocycles. The van der Waals surface area contributed by atoms with Gasteiger partial charge in [-0.3, -0.25) is 0 Å². The third-order valence-corrected chi connectivity index (χ3v) is 4.85. The summed E-state index contributed by atoms with van der Waals surface area (Å²) in [5.41, 5.74) is 13.9. The van der Waals surface area contributed by atoms with E-state index in [1.54, 1.807) is 0 Å². The second-order valence-corrected chi connectivity index (χ2v) is 6.60. The standard InChI is InChI=1S/C18H31NO.ClH/c1-10(2)8-9-16(20)18(19)17-14(6)12(4)11(3)13(5)15(17)7;/h10,16,18,20H,8-9,19H2,1-7H3;1H/t16-,18-;/m0./s1. The molecule has 0 heterocycles. The number of halogens is 1. The molecule has 0 bridgehead atoms. The van der Waals surface area contributed by atoms with Gasteiger partial charge in [0.05, 0.1) is 12.1 Å². The van der Waals surface area contributed by atoms with E-state index in [1.807, 2.05) is 0 Å². The van der Waals surface area contributed by atoms with Crippen LogP contribution >= 0.6 is 12.4 Å². The Bertz CT molecular complexity index is 454. The largest absolute Gasteiger partial charge is 0.391 e. The molecule has 1 aromatic rings. The quantitative estimate of drug-likeness (QED) is 0.843. The summed E-state index contributed by atoms with van der Waals surface area (Å²) in [4.78, 5) is 0. The highest BCUT2D eigenvalue weighted by Gasteiger charge is 2.23. The summed E-state index contributed by atoms with van der Waals surface area (Å²) in [6, 6.07) is -0.285. The van der Waals surface area contributed by atoms with Gasteiger partial charge in [-0.25, -0.2) is 0 Å². The lowest BCUT2D eigenvalue weighted by Crippen LogP contribution is -2.28. The number of rotatable bonds is 5. The number of hydrogen-bond donors (Lipinski definition) is 2. The first-order chi connectivity index (χ1) is 9.18. The molecule has 2 nitrogen and oxygen atoms in total. The Hall–Kier alpha value is -0.570. The molecule has 0 amide bonds. The Morgan fingerprint density at radius 3 is 1.57 bits per heavy atom. The summed E-state index contributed by atoms with van der Waals surface area (Å²) in [5, 5.41) is 10.4. The van der Waals surface area contributed by atoms with Crippen LogP contribution in [-0.2, 0) is 0 Å². The molecular weight excluding hydrogens is 282 g/mol. The topological polar surface area (TPSA) is 46.2 Å². The highest BCUT2D eigenvalue weighted by atomic mass is 35.5. The summed E-state index contributed by atoms with van der Waals surface area (Å²) in [6.07, 6.45) is 1.32. The van der Waals surface area contributed by atoms with Crippen LogP contribution in [0.4, 0.5) is 0 Å². The van der Waals surface area contributed by atoms with Gasteiger partial charge in [0.15, 0.2) is 0 Å². The van der Waals surface area contributed by atoms with Crippen molar-refractivity contribution in [1.82, 2.24) is 0 Å². The molecule has 3 N–H and O–H groups in total. The highest BCUT2D eigenvalue weighted by molar-refractivity contribution is 5.85. The van der Waals surface area contributed by atoms with Gasteiger partial charge in [-0.15, -0.1) is 12.4 Å². The lowest BCUT2D eigenvalue weighted by molar-refractivity contribution is 0.128. The maximum Gasteiger partial charge on any atom is 0.0733 e. The predicted octanol–water partition coefficient (Wildman–Crippen LogP) is 4.45. The summed E-state index contributed by atoms with van der Waals surface area (Å²) in [7, 11) is 0. The van der Waals surface area contributed by atoms with Gasteiger partial charge in [0.2, 0.25) is 0 Å². The van der Waals surface area contributed by atoms with Crippen LogP contribution in [0.25, 0.3) is 0 Å². The minimum Gasteiger partial charge on any atom is -0.391 e. The number of aliphatic hydroxyl groups is 1. The zero-order valence-electron chi connectivity index (χ0n) is 14.6. The Morgan fingerprint density at radius 1 is 0.810 bits per heavy atom. The maximum absolute atomic E-state index is 10.4. The predicted molar refractivity (Wildman–Crippen MR) is 94.4 cm³/mol. The molecule has 0 spiro atoms. The van der Waals surface area contributed by atoms with Crippen LogP contribution in [0.2, 0.25) is 0 Å². The van der Waals surface area contributed by atoms with Crippen LogP contribution in [0, 0.1) is 40.5 Å². The van der Waals surface area contributed by atoms with Crippen LogP contribution < -0.4 is 5.73 Å². The fourth-order valence-electron chi connectivity index (χ4n) is 2.91. The van der Waals surface area contributed by atoms with Gasteiger partial charge in [-0.1, -0.05) is 13.8 Å². The number of nitrogens with two attached hydrogens (primary N) is 1. The average Bonchev–Trinajstić information content (AvgIpc) is 2.40. The van der Waals surface area contributed by atoms with Crippen molar-refractivity contribution in [1.29, 1.82) is 0 Å². The molecule has 0 aliphatic carbocycles. The minimum absolute atomic E-state index is 0. The maximum atomic E-state index is 10.4. The van der Waals surface area contributed by atoms with E-state index >= 15 is 0 Å². The highest BCUT2D eigenvalue weighted by Crippen LogP contribution is 2.31. The first-order valence-electron chi connectivity index (χ1n) is 7.68. The van der Waals surface area contributed by atoms with E-state index in [9.17, 15) is 5.11 Å². The molecule has 0 unspecified atom stereocenters. The van der Waals surface area contributed by atoms with E-state index in [1.165, 1.54) is 27.8 Å². The third-order valence-electron chi connectivity index (χ3n) is 4.85. The first kappa shape index (κ1) is 20.4. The van der Waals surface area contributed by atoms with Gasteiger partial charge >= 0.3 is 0 Å². The SMILES string of the molecule is Cc1c(C)c(C)c([C@@H](N)[C@@H](O)CCC(C)C)c(C)c1C.Cl. The third kappa shape index (κ3) is 4.45. The molecular formula is C18H32ClNO. The molecule has 0 aliphatic heterocycles. The van der Waals surface area contributed by atoms with Crippen molar-refractivity contribution in [3.63, 3.8) is 0 Å². The first-order valence-corrected chi connectivity index (χ1v) is 7.68. The second kappa shape index (κ2) is 8.17. The molecule has 122 valence electrons. The van der Waals surface area contributed by atoms with E-state index in [4.69, 9.17) is 5.73 Å². The summed E-state index contributed by atoms with van der Waals surface area (Å²) >= 11 is 0. The fourth-order valence-corrected chi connectivity index (χ4v) is 2.91. The summed E-state index contributed by atoms with van der Waals surface area (Å²) in [5.74, 6) is 0.598. The Kier molecular flexibility index (Phi) is 7.94. The lowest BCUT2D eigenvalue weighted by atomic mass is 9.84. The van der Waals surface area contributed by atoms with E-state index in [0.29, 0.717) is 5.92 Å². The van der Waals surface area contributed by atoms with Crippen molar-refractivity contribution in [2.75, 3.05) is 0 Å². The van der Waals surface area contributed by atoms with Gasteiger partial charge in [-0.2, -0.15) is 0 Å². The molecule has 3 heteroatoms. The second-order valence-electron chi connectivity index (χ2n) is 6.60. The molecule has 0 saturated heterocycles. The minimum atomic E-state index is -0.462. The van der Waals surface area contributed by atoms with E-state index in [0.717, 1.165) is 18.4 Å². The van der Waals surface area contributed by atoms with Crippen LogP contribution in [-0.4, -0.2) is 11.2 Å². The van der Waals surface area contributed by atoms with Crippen LogP contribution in [0.5, 0.6) is 0 Å². The number of aliphatic hydroxyl groups excluding tert-OH is 1. The van der Waals surface area contributed by atoms with E-state index in [2.05, 4.69) is 48.5 Å². The van der Waals surface area contributed by atoms with Crippen LogP contribution in [0.1, 0.15) is 66.1 Å². The number of hydrogen-bond acceptors (Lipinski definition) is 2. The monoisotopic (exact) mass is 313 g/mol. The van der Waals surface area contributed by atoms with Gasteiger partial charge in [0.25, 0.3) is 0 Å². The zero-order valence-corrected chi connectivity index (χ0v) is 15.4. The molecule has 2 atom stereocenters. The van der Waals surface area contributed by atoms with Crippen molar-refractivity contribution in [2.24, 2.45) is 11.7 Å². The van der Waals surface area contributed by atoms with Crippen molar-refractivity contribution in [2.45, 2.75) is 73.5 Å². The van der Waals surface area contributed by atoms with Gasteiger partial charge in [0, 0.05) is 0 Å². The molecule has 21 heavy (non-hydrogen) atoms. The fraction of sp³-hybridized carbons (Fsp3) is 0.667. The molecule has 0 radical (unpaired) electrons. The van der Waals surface area contributed by atoms with Gasteiger partial charge in [0.1, 0.15) is 0 Å². The van der Waals surface area contributed by atoms with Crippen molar-refractivity contribution >= 4 is 12.4 Å². The van der Waals surface area contributed by atoms with Crippen molar-refractivity contribution in [3.8, 4) is 0 Å². The van der Waals surface area contributed by atoms with Gasteiger partial charge < -0.3 is 10.8 Å². The summed E-state index contributed by atoms with van der Waals surface area (Å²) < 4.78 is 0. The smallest absolute Gasteiger partial charge is 0.0733 e. The number of benzene rings is 1. The Morgan fingerprint density at radius 2 is 1.19 bits per heavy atom. The zero-order chi connectivity index (χ0) is 15.6. The van der Waals surface area contributed by atoms with Crippen LogP contribution in [0.3, 0.4) is 0 Å². The molecule has 0 aromatic heterocycles. The molecule has 0 fully saturated rings. The Labute approximate surface area is 136 Å². The van der Waals surface area contributed by atoms with Crippen molar-refractivity contribution < 1.29 is 5.11 Å². The molecule has 0 aliphatic rings. The lowest BCUT2D eigenvalue weighted by Gasteiger charge is -2.26. The van der Waals surface area contributed by atoms with E-state index < -0.39 is 6.10 Å². The molecule has 0 saturated carbocycles.